The minimum absolute atomic E-state index is 0.162. The first-order valence-corrected chi connectivity index (χ1v) is 12.4. The summed E-state index contributed by atoms with van der Waals surface area (Å²) in [5, 5.41) is 4.15. The fourth-order valence-electron chi connectivity index (χ4n) is 5.80. The Morgan fingerprint density at radius 2 is 1.70 bits per heavy atom. The molecular formula is C26H37ClN2O. The van der Waals surface area contributed by atoms with Crippen molar-refractivity contribution in [3.05, 3.63) is 45.6 Å². The zero-order chi connectivity index (χ0) is 21.1. The van der Waals surface area contributed by atoms with Gasteiger partial charge in [0.05, 0.1) is 6.04 Å². The molecule has 164 valence electrons. The molecule has 1 aromatic rings. The maximum Gasteiger partial charge on any atom is 0.249 e. The number of benzene rings is 1. The van der Waals surface area contributed by atoms with Crippen LogP contribution in [0, 0.1) is 12.8 Å². The second-order valence-corrected chi connectivity index (χ2v) is 10.2. The van der Waals surface area contributed by atoms with E-state index < -0.39 is 0 Å². The monoisotopic (exact) mass is 428 g/mol. The van der Waals surface area contributed by atoms with Gasteiger partial charge in [0.15, 0.2) is 0 Å². The molecule has 4 rings (SSSR count). The van der Waals surface area contributed by atoms with Crippen LogP contribution in [0.15, 0.2) is 29.5 Å². The van der Waals surface area contributed by atoms with Crippen LogP contribution in [-0.2, 0) is 4.79 Å². The highest BCUT2D eigenvalue weighted by Crippen LogP contribution is 2.42. The SMILES string of the molecule is CC1=C(C(=O)NC2CCCCC2)CC(c2cc(Cl)ccc2C)N1CC1CCCCC1. The molecular weight excluding hydrogens is 392 g/mol. The summed E-state index contributed by atoms with van der Waals surface area (Å²) in [5.41, 5.74) is 4.71. The van der Waals surface area contributed by atoms with E-state index in [2.05, 4.69) is 36.2 Å². The highest BCUT2D eigenvalue weighted by atomic mass is 35.5. The van der Waals surface area contributed by atoms with Gasteiger partial charge in [-0.3, -0.25) is 4.79 Å². The Bertz CT molecular complexity index is 790. The van der Waals surface area contributed by atoms with Crippen molar-refractivity contribution < 1.29 is 4.79 Å². The second-order valence-electron chi connectivity index (χ2n) is 9.75. The zero-order valence-electron chi connectivity index (χ0n) is 18.7. The minimum atomic E-state index is 0.162. The van der Waals surface area contributed by atoms with Gasteiger partial charge in [-0.2, -0.15) is 0 Å². The van der Waals surface area contributed by atoms with Gasteiger partial charge in [-0.05, 0) is 68.7 Å². The number of halogens is 1. The van der Waals surface area contributed by atoms with Gasteiger partial charge in [0.25, 0.3) is 0 Å². The van der Waals surface area contributed by atoms with E-state index in [1.54, 1.807) is 0 Å². The van der Waals surface area contributed by atoms with E-state index in [1.165, 1.54) is 68.2 Å². The van der Waals surface area contributed by atoms with Crippen molar-refractivity contribution in [1.82, 2.24) is 10.2 Å². The zero-order valence-corrected chi connectivity index (χ0v) is 19.4. The van der Waals surface area contributed by atoms with Gasteiger partial charge in [0.1, 0.15) is 0 Å². The number of amides is 1. The molecule has 3 nitrogen and oxygen atoms in total. The van der Waals surface area contributed by atoms with Crippen molar-refractivity contribution in [3.63, 3.8) is 0 Å². The first-order valence-electron chi connectivity index (χ1n) is 12.1. The third kappa shape index (κ3) is 4.88. The van der Waals surface area contributed by atoms with Gasteiger partial charge >= 0.3 is 0 Å². The molecule has 3 aliphatic rings. The number of hydrogen-bond donors (Lipinski definition) is 1. The normalized spacial score (nSPS) is 23.8. The molecule has 1 aliphatic heterocycles. The molecule has 0 spiro atoms. The molecule has 1 aromatic carbocycles. The molecule has 30 heavy (non-hydrogen) atoms. The lowest BCUT2D eigenvalue weighted by atomic mass is 9.88. The third-order valence-corrected chi connectivity index (χ3v) is 7.87. The van der Waals surface area contributed by atoms with Crippen molar-refractivity contribution >= 4 is 17.5 Å². The molecule has 2 fully saturated rings. The summed E-state index contributed by atoms with van der Waals surface area (Å²) >= 11 is 6.39. The number of rotatable bonds is 5. The summed E-state index contributed by atoms with van der Waals surface area (Å²) in [7, 11) is 0. The Morgan fingerprint density at radius 1 is 1.03 bits per heavy atom. The van der Waals surface area contributed by atoms with Gasteiger partial charge in [-0.1, -0.05) is 56.2 Å². The van der Waals surface area contributed by atoms with Crippen LogP contribution in [0.1, 0.15) is 94.7 Å². The fraction of sp³-hybridized carbons (Fsp3) is 0.654. The number of carbonyl (C=O) groups excluding carboxylic acids is 1. The van der Waals surface area contributed by atoms with Crippen LogP contribution in [-0.4, -0.2) is 23.4 Å². The Labute approximate surface area is 187 Å². The maximum atomic E-state index is 13.3. The van der Waals surface area contributed by atoms with Gasteiger partial charge in [-0.25, -0.2) is 0 Å². The molecule has 4 heteroatoms. The smallest absolute Gasteiger partial charge is 0.249 e. The van der Waals surface area contributed by atoms with Crippen LogP contribution < -0.4 is 5.32 Å². The molecule has 0 saturated heterocycles. The summed E-state index contributed by atoms with van der Waals surface area (Å²) in [4.78, 5) is 15.8. The van der Waals surface area contributed by atoms with E-state index in [1.807, 2.05) is 6.07 Å². The molecule has 0 bridgehead atoms. The topological polar surface area (TPSA) is 32.3 Å². The Balaban J connectivity index is 1.57. The summed E-state index contributed by atoms with van der Waals surface area (Å²) in [5.74, 6) is 0.895. The van der Waals surface area contributed by atoms with Gasteiger partial charge in [-0.15, -0.1) is 0 Å². The van der Waals surface area contributed by atoms with Crippen molar-refractivity contribution in [3.8, 4) is 0 Å². The highest BCUT2D eigenvalue weighted by molar-refractivity contribution is 6.30. The number of nitrogens with zero attached hydrogens (tertiary/aromatic N) is 1. The van der Waals surface area contributed by atoms with Gasteiger partial charge < -0.3 is 10.2 Å². The fourth-order valence-corrected chi connectivity index (χ4v) is 5.98. The van der Waals surface area contributed by atoms with Crippen LogP contribution >= 0.6 is 11.6 Å². The van der Waals surface area contributed by atoms with E-state index in [4.69, 9.17) is 11.6 Å². The van der Waals surface area contributed by atoms with Gasteiger partial charge in [0.2, 0.25) is 5.91 Å². The van der Waals surface area contributed by atoms with E-state index >= 15 is 0 Å². The van der Waals surface area contributed by atoms with Crippen molar-refractivity contribution in [2.24, 2.45) is 5.92 Å². The number of aryl methyl sites for hydroxylation is 1. The third-order valence-electron chi connectivity index (χ3n) is 7.64. The van der Waals surface area contributed by atoms with Crippen LogP contribution in [0.25, 0.3) is 0 Å². The lowest BCUT2D eigenvalue weighted by Gasteiger charge is -2.34. The molecule has 1 unspecified atom stereocenters. The average Bonchev–Trinajstić information content (AvgIpc) is 3.07. The average molecular weight is 429 g/mol. The lowest BCUT2D eigenvalue weighted by molar-refractivity contribution is -0.118. The first kappa shape index (κ1) is 21.7. The number of hydrogen-bond acceptors (Lipinski definition) is 2. The molecule has 2 saturated carbocycles. The largest absolute Gasteiger partial charge is 0.367 e. The summed E-state index contributed by atoms with van der Waals surface area (Å²) in [6, 6.07) is 6.77. The van der Waals surface area contributed by atoms with Crippen molar-refractivity contribution in [2.75, 3.05) is 6.54 Å². The van der Waals surface area contributed by atoms with Crippen molar-refractivity contribution in [1.29, 1.82) is 0 Å². The maximum absolute atomic E-state index is 13.3. The predicted molar refractivity (Wildman–Crippen MR) is 125 cm³/mol. The number of nitrogens with one attached hydrogen (secondary N) is 1. The Hall–Kier alpha value is -1.48. The minimum Gasteiger partial charge on any atom is -0.367 e. The van der Waals surface area contributed by atoms with E-state index in [0.717, 1.165) is 42.3 Å². The Kier molecular flexibility index (Phi) is 7.08. The van der Waals surface area contributed by atoms with Crippen LogP contribution in [0.3, 0.4) is 0 Å². The standard InChI is InChI=1S/C26H37ClN2O/c1-18-13-14-21(27)15-23(18)25-16-24(26(30)28-22-11-7-4-8-12-22)19(2)29(25)17-20-9-5-3-6-10-20/h13-15,20,22,25H,3-12,16-17H2,1-2H3,(H,28,30). The van der Waals surface area contributed by atoms with Gasteiger partial charge in [0, 0.05) is 35.3 Å². The highest BCUT2D eigenvalue weighted by Gasteiger charge is 2.36. The molecule has 0 radical (unpaired) electrons. The summed E-state index contributed by atoms with van der Waals surface area (Å²) in [6.45, 7) is 5.39. The second kappa shape index (κ2) is 9.77. The molecule has 1 atom stereocenters. The quantitative estimate of drug-likeness (QED) is 0.565. The summed E-state index contributed by atoms with van der Waals surface area (Å²) < 4.78 is 0. The Morgan fingerprint density at radius 3 is 2.40 bits per heavy atom. The van der Waals surface area contributed by atoms with Crippen LogP contribution in [0.4, 0.5) is 0 Å². The van der Waals surface area contributed by atoms with E-state index in [0.29, 0.717) is 6.04 Å². The lowest BCUT2D eigenvalue weighted by Crippen LogP contribution is -2.37. The molecule has 0 aromatic heterocycles. The van der Waals surface area contributed by atoms with Crippen LogP contribution in [0.2, 0.25) is 5.02 Å². The first-order chi connectivity index (χ1) is 14.5. The number of carbonyl (C=O) groups is 1. The molecule has 1 amide bonds. The molecule has 1 N–H and O–H groups in total. The van der Waals surface area contributed by atoms with Crippen LogP contribution in [0.5, 0.6) is 0 Å². The molecule has 2 aliphatic carbocycles. The summed E-state index contributed by atoms with van der Waals surface area (Å²) in [6.07, 6.45) is 13.5. The van der Waals surface area contributed by atoms with E-state index in [9.17, 15) is 4.79 Å². The number of allylic oxidation sites excluding steroid dienone is 1. The van der Waals surface area contributed by atoms with Crippen molar-refractivity contribution in [2.45, 2.75) is 96.6 Å². The molecule has 1 heterocycles. The predicted octanol–water partition coefficient (Wildman–Crippen LogP) is 6.70. The van der Waals surface area contributed by atoms with E-state index in [-0.39, 0.29) is 11.9 Å².